The van der Waals surface area contributed by atoms with Gasteiger partial charge in [0.2, 0.25) is 11.8 Å². The van der Waals surface area contributed by atoms with Gasteiger partial charge in [-0.05, 0) is 0 Å². The molecule has 0 saturated carbocycles. The van der Waals surface area contributed by atoms with Crippen molar-refractivity contribution in [1.82, 2.24) is 10.2 Å². The van der Waals surface area contributed by atoms with Crippen molar-refractivity contribution in [3.63, 3.8) is 0 Å². The second kappa shape index (κ2) is 4.97. The minimum Gasteiger partial charge on any atom is -0.480 e. The molecule has 0 aliphatic rings. The van der Waals surface area contributed by atoms with E-state index in [2.05, 4.69) is 10.2 Å². The van der Waals surface area contributed by atoms with Crippen molar-refractivity contribution in [2.75, 3.05) is 5.75 Å². The molecule has 0 bridgehead atoms. The zero-order valence-corrected chi connectivity index (χ0v) is 8.45. The molecule has 0 radical (unpaired) electrons. The van der Waals surface area contributed by atoms with Crippen LogP contribution in [0.25, 0.3) is 0 Å². The van der Waals surface area contributed by atoms with Crippen molar-refractivity contribution >= 4 is 17.7 Å². The van der Waals surface area contributed by atoms with Crippen molar-refractivity contribution < 1.29 is 14.3 Å². The lowest BCUT2D eigenvalue weighted by Crippen LogP contribution is -2.32. The van der Waals surface area contributed by atoms with E-state index in [4.69, 9.17) is 15.3 Å². The minimum absolute atomic E-state index is 0.330. The zero-order chi connectivity index (χ0) is 10.6. The molecular weight excluding hydrogens is 206 g/mol. The third-order valence-corrected chi connectivity index (χ3v) is 2.45. The van der Waals surface area contributed by atoms with Crippen molar-refractivity contribution in [3.05, 3.63) is 11.8 Å². The quantitative estimate of drug-likeness (QED) is 0.716. The minimum atomic E-state index is -1.00. The third kappa shape index (κ3) is 3.35. The fourth-order valence-corrected chi connectivity index (χ4v) is 1.55. The number of rotatable bonds is 5. The summed E-state index contributed by atoms with van der Waals surface area (Å²) < 4.78 is 5.09. The predicted octanol–water partition coefficient (Wildman–Crippen LogP) is 0.0231. The molecule has 1 atom stereocenters. The fourth-order valence-electron chi connectivity index (χ4n) is 0.740. The van der Waals surface area contributed by atoms with E-state index in [1.807, 2.05) is 0 Å². The summed E-state index contributed by atoms with van der Waals surface area (Å²) in [4.78, 5) is 10.4. The Balaban J connectivity index is 2.25. The molecule has 0 amide bonds. The molecule has 0 aliphatic heterocycles. The van der Waals surface area contributed by atoms with E-state index in [0.717, 1.165) is 0 Å². The molecule has 0 spiro atoms. The summed E-state index contributed by atoms with van der Waals surface area (Å²) in [5.74, 6) is 0.811. The second-order valence-corrected chi connectivity index (χ2v) is 3.70. The Kier molecular flexibility index (Phi) is 3.90. The molecule has 0 fully saturated rings. The summed E-state index contributed by atoms with van der Waals surface area (Å²) in [6, 6.07) is -0.844. The van der Waals surface area contributed by atoms with Gasteiger partial charge in [-0.2, -0.15) is 0 Å². The first-order valence-corrected chi connectivity index (χ1v) is 5.10. The number of hydrogen-bond donors (Lipinski definition) is 2. The van der Waals surface area contributed by atoms with Crippen LogP contribution in [0.3, 0.4) is 0 Å². The molecule has 1 aromatic heterocycles. The smallest absolute Gasteiger partial charge is 0.321 e. The molecule has 1 aromatic rings. The molecule has 0 aliphatic carbocycles. The fraction of sp³-hybridized carbons (Fsp3) is 0.571. The van der Waals surface area contributed by atoms with E-state index in [1.54, 1.807) is 6.92 Å². The van der Waals surface area contributed by atoms with Crippen molar-refractivity contribution in [3.8, 4) is 0 Å². The topological polar surface area (TPSA) is 102 Å². The van der Waals surface area contributed by atoms with Gasteiger partial charge in [0.1, 0.15) is 6.04 Å². The maximum atomic E-state index is 10.4. The van der Waals surface area contributed by atoms with Crippen LogP contribution in [0.4, 0.5) is 0 Å². The van der Waals surface area contributed by atoms with Crippen LogP contribution in [-0.4, -0.2) is 33.1 Å². The lowest BCUT2D eigenvalue weighted by atomic mass is 10.4. The SMILES string of the molecule is Cc1nnc(CSCC(N)C(=O)O)o1. The molecule has 1 heterocycles. The summed E-state index contributed by atoms with van der Waals surface area (Å²) >= 11 is 1.35. The van der Waals surface area contributed by atoms with Gasteiger partial charge in [-0.15, -0.1) is 22.0 Å². The van der Waals surface area contributed by atoms with Gasteiger partial charge in [-0.1, -0.05) is 0 Å². The zero-order valence-electron chi connectivity index (χ0n) is 7.64. The number of nitrogens with zero attached hydrogens (tertiary/aromatic N) is 2. The van der Waals surface area contributed by atoms with E-state index in [9.17, 15) is 4.79 Å². The summed E-state index contributed by atoms with van der Waals surface area (Å²) in [6.07, 6.45) is 0. The van der Waals surface area contributed by atoms with E-state index in [0.29, 0.717) is 23.3 Å². The maximum absolute atomic E-state index is 10.4. The van der Waals surface area contributed by atoms with Gasteiger partial charge in [0, 0.05) is 12.7 Å². The first-order valence-electron chi connectivity index (χ1n) is 3.94. The summed E-state index contributed by atoms with van der Waals surface area (Å²) in [7, 11) is 0. The van der Waals surface area contributed by atoms with Crippen LogP contribution >= 0.6 is 11.8 Å². The van der Waals surface area contributed by atoms with Crippen LogP contribution < -0.4 is 5.73 Å². The number of aromatic nitrogens is 2. The molecule has 14 heavy (non-hydrogen) atoms. The molecule has 78 valence electrons. The van der Waals surface area contributed by atoms with Gasteiger partial charge >= 0.3 is 5.97 Å². The number of hydrogen-bond acceptors (Lipinski definition) is 6. The van der Waals surface area contributed by atoms with Gasteiger partial charge in [-0.25, -0.2) is 0 Å². The molecule has 6 nitrogen and oxygen atoms in total. The average molecular weight is 217 g/mol. The van der Waals surface area contributed by atoms with Crippen LogP contribution in [0, 0.1) is 6.92 Å². The highest BCUT2D eigenvalue weighted by Crippen LogP contribution is 2.11. The predicted molar refractivity (Wildman–Crippen MR) is 50.8 cm³/mol. The van der Waals surface area contributed by atoms with Gasteiger partial charge in [0.05, 0.1) is 5.75 Å². The van der Waals surface area contributed by atoms with E-state index in [-0.39, 0.29) is 0 Å². The Bertz CT molecular complexity index is 315. The van der Waals surface area contributed by atoms with E-state index >= 15 is 0 Å². The number of nitrogens with two attached hydrogens (primary N) is 1. The monoisotopic (exact) mass is 217 g/mol. The number of thioether (sulfide) groups is 1. The van der Waals surface area contributed by atoms with Crippen LogP contribution in [0.1, 0.15) is 11.8 Å². The molecule has 1 rings (SSSR count). The average Bonchev–Trinajstić information content (AvgIpc) is 2.51. The largest absolute Gasteiger partial charge is 0.480 e. The summed E-state index contributed by atoms with van der Waals surface area (Å²) in [5, 5.41) is 15.9. The van der Waals surface area contributed by atoms with Crippen molar-refractivity contribution in [1.29, 1.82) is 0 Å². The third-order valence-electron chi connectivity index (χ3n) is 1.41. The molecule has 0 saturated heterocycles. The van der Waals surface area contributed by atoms with Crippen molar-refractivity contribution in [2.24, 2.45) is 5.73 Å². The Morgan fingerprint density at radius 3 is 2.93 bits per heavy atom. The van der Waals surface area contributed by atoms with Crippen LogP contribution in [0.5, 0.6) is 0 Å². The lowest BCUT2D eigenvalue weighted by molar-refractivity contribution is -0.137. The molecule has 7 heteroatoms. The standard InChI is InChI=1S/C7H11N3O3S/c1-4-9-10-6(13-4)3-14-2-5(8)7(11)12/h5H,2-3,8H2,1H3,(H,11,12). The summed E-state index contributed by atoms with van der Waals surface area (Å²) in [6.45, 7) is 1.70. The summed E-state index contributed by atoms with van der Waals surface area (Å²) in [5.41, 5.74) is 5.30. The maximum Gasteiger partial charge on any atom is 0.321 e. The van der Waals surface area contributed by atoms with Gasteiger partial charge in [0.15, 0.2) is 0 Å². The number of carboxylic acids is 1. The molecule has 3 N–H and O–H groups in total. The Labute approximate surface area is 84.9 Å². The second-order valence-electron chi connectivity index (χ2n) is 2.67. The van der Waals surface area contributed by atoms with Crippen LogP contribution in [-0.2, 0) is 10.5 Å². The molecule has 1 unspecified atom stereocenters. The first kappa shape index (κ1) is 11.0. The first-order chi connectivity index (χ1) is 6.59. The van der Waals surface area contributed by atoms with Crippen LogP contribution in [0.2, 0.25) is 0 Å². The highest BCUT2D eigenvalue weighted by Gasteiger charge is 2.11. The van der Waals surface area contributed by atoms with E-state index in [1.165, 1.54) is 11.8 Å². The van der Waals surface area contributed by atoms with Crippen LogP contribution in [0.15, 0.2) is 4.42 Å². The highest BCUT2D eigenvalue weighted by molar-refractivity contribution is 7.98. The van der Waals surface area contributed by atoms with E-state index < -0.39 is 12.0 Å². The number of aryl methyl sites for hydroxylation is 1. The number of carboxylic acid groups (broad SMARTS) is 1. The highest BCUT2D eigenvalue weighted by atomic mass is 32.2. The normalized spacial score (nSPS) is 12.7. The van der Waals surface area contributed by atoms with Crippen molar-refractivity contribution in [2.45, 2.75) is 18.7 Å². The molecule has 0 aromatic carbocycles. The van der Waals surface area contributed by atoms with Gasteiger partial charge in [-0.3, -0.25) is 4.79 Å². The Morgan fingerprint density at radius 2 is 2.43 bits per heavy atom. The van der Waals surface area contributed by atoms with Gasteiger partial charge in [0.25, 0.3) is 0 Å². The number of aliphatic carboxylic acids is 1. The van der Waals surface area contributed by atoms with Gasteiger partial charge < -0.3 is 15.3 Å². The number of carbonyl (C=O) groups is 1. The Morgan fingerprint density at radius 1 is 1.71 bits per heavy atom. The molecular formula is C7H11N3O3S. The lowest BCUT2D eigenvalue weighted by Gasteiger charge is -2.03. The Hall–Kier alpha value is -1.08.